The number of halogens is 1. The Hall–Kier alpha value is -0.830. The van der Waals surface area contributed by atoms with Crippen LogP contribution in [0.15, 0.2) is 24.3 Å². The highest BCUT2D eigenvalue weighted by Gasteiger charge is 2.16. The van der Waals surface area contributed by atoms with E-state index >= 15 is 0 Å². The van der Waals surface area contributed by atoms with Crippen LogP contribution in [0.25, 0.3) is 0 Å². The van der Waals surface area contributed by atoms with Crippen LogP contribution < -0.4 is 5.32 Å². The van der Waals surface area contributed by atoms with Crippen LogP contribution in [0.2, 0.25) is 0 Å². The lowest BCUT2D eigenvalue weighted by Crippen LogP contribution is -2.27. The Morgan fingerprint density at radius 3 is 2.53 bits per heavy atom. The summed E-state index contributed by atoms with van der Waals surface area (Å²) in [6.45, 7) is 0.809. The zero-order chi connectivity index (χ0) is 12.1. The second-order valence-electron chi connectivity index (χ2n) is 4.67. The fraction of sp³-hybridized carbons (Fsp3) is 0.500. The summed E-state index contributed by atoms with van der Waals surface area (Å²) in [6.07, 6.45) is 5.18. The Labute approximate surface area is 111 Å². The molecule has 2 rings (SSSR count). The van der Waals surface area contributed by atoms with E-state index in [0.717, 1.165) is 29.8 Å². The Balaban J connectivity index is 1.77. The fourth-order valence-electron chi connectivity index (χ4n) is 2.02. The van der Waals surface area contributed by atoms with Gasteiger partial charge in [0.1, 0.15) is 0 Å². The molecule has 0 radical (unpaired) electrons. The largest absolute Gasteiger partial charge is 0.352 e. The van der Waals surface area contributed by atoms with Crippen molar-refractivity contribution in [2.75, 3.05) is 6.54 Å². The second-order valence-corrected chi connectivity index (χ2v) is 5.23. The van der Waals surface area contributed by atoms with Gasteiger partial charge in [-0.25, -0.2) is 0 Å². The summed E-state index contributed by atoms with van der Waals surface area (Å²) in [5.74, 6) is 0.900. The van der Waals surface area contributed by atoms with Gasteiger partial charge in [-0.2, -0.15) is 0 Å². The van der Waals surface area contributed by atoms with Gasteiger partial charge in [-0.3, -0.25) is 4.79 Å². The number of rotatable bonds is 5. The van der Waals surface area contributed by atoms with Crippen molar-refractivity contribution in [3.8, 4) is 0 Å². The van der Waals surface area contributed by atoms with E-state index in [9.17, 15) is 4.79 Å². The van der Waals surface area contributed by atoms with E-state index in [0.29, 0.717) is 0 Å². The van der Waals surface area contributed by atoms with Crippen molar-refractivity contribution in [3.63, 3.8) is 0 Å². The summed E-state index contributed by atoms with van der Waals surface area (Å²) in [4.78, 5) is 11.8. The van der Waals surface area contributed by atoms with Crippen LogP contribution in [0.1, 0.15) is 41.6 Å². The van der Waals surface area contributed by atoms with E-state index in [4.69, 9.17) is 0 Å². The summed E-state index contributed by atoms with van der Waals surface area (Å²) < 4.78 is 0. The molecule has 0 bridgehead atoms. The maximum atomic E-state index is 11.8. The van der Waals surface area contributed by atoms with Gasteiger partial charge in [0.2, 0.25) is 0 Å². The number of benzene rings is 1. The molecule has 1 amide bonds. The number of carbonyl (C=O) groups excluding carboxylic acids is 1. The van der Waals surface area contributed by atoms with E-state index in [2.05, 4.69) is 21.2 Å². The molecule has 0 saturated heterocycles. The third-order valence-corrected chi connectivity index (χ3v) is 4.08. The minimum Gasteiger partial charge on any atom is -0.352 e. The van der Waals surface area contributed by atoms with Gasteiger partial charge in [-0.1, -0.05) is 47.3 Å². The molecule has 0 spiro atoms. The first-order valence-corrected chi connectivity index (χ1v) is 7.35. The first kappa shape index (κ1) is 12.6. The molecule has 1 aliphatic rings. The fourth-order valence-corrected chi connectivity index (χ4v) is 2.39. The van der Waals surface area contributed by atoms with E-state index in [1.165, 1.54) is 24.8 Å². The molecule has 17 heavy (non-hydrogen) atoms. The maximum Gasteiger partial charge on any atom is 0.251 e. The van der Waals surface area contributed by atoms with Crippen molar-refractivity contribution in [3.05, 3.63) is 35.4 Å². The lowest BCUT2D eigenvalue weighted by atomic mass is 9.83. The first-order valence-electron chi connectivity index (χ1n) is 6.22. The van der Waals surface area contributed by atoms with E-state index in [1.807, 2.05) is 24.3 Å². The number of carbonyl (C=O) groups is 1. The summed E-state index contributed by atoms with van der Waals surface area (Å²) in [5.41, 5.74) is 1.94. The molecular formula is C14H18BrNO. The van der Waals surface area contributed by atoms with Crippen molar-refractivity contribution < 1.29 is 4.79 Å². The normalized spacial score (nSPS) is 15.4. The summed E-state index contributed by atoms with van der Waals surface area (Å²) in [5, 5.41) is 3.81. The Bertz CT molecular complexity index is 370. The number of alkyl halides is 1. The van der Waals surface area contributed by atoms with E-state index in [-0.39, 0.29) is 5.91 Å². The number of hydrogen-bond donors (Lipinski definition) is 1. The van der Waals surface area contributed by atoms with Crippen LogP contribution in [0.4, 0.5) is 0 Å². The molecule has 2 nitrogen and oxygen atoms in total. The third kappa shape index (κ3) is 3.56. The van der Waals surface area contributed by atoms with Crippen molar-refractivity contribution in [2.24, 2.45) is 5.92 Å². The number of hydrogen-bond acceptors (Lipinski definition) is 1. The molecule has 1 aromatic carbocycles. The highest BCUT2D eigenvalue weighted by Crippen LogP contribution is 2.28. The van der Waals surface area contributed by atoms with Gasteiger partial charge in [-0.05, 0) is 30.0 Å². The van der Waals surface area contributed by atoms with Crippen molar-refractivity contribution in [1.82, 2.24) is 5.32 Å². The van der Waals surface area contributed by atoms with E-state index in [1.54, 1.807) is 0 Å². The molecule has 1 N–H and O–H groups in total. The number of amides is 1. The monoisotopic (exact) mass is 295 g/mol. The predicted molar refractivity (Wildman–Crippen MR) is 73.4 cm³/mol. The van der Waals surface area contributed by atoms with Crippen LogP contribution in [-0.2, 0) is 5.33 Å². The third-order valence-electron chi connectivity index (χ3n) is 3.43. The van der Waals surface area contributed by atoms with Gasteiger partial charge in [-0.15, -0.1) is 0 Å². The lowest BCUT2D eigenvalue weighted by Gasteiger charge is -2.25. The topological polar surface area (TPSA) is 29.1 Å². The average Bonchev–Trinajstić information content (AvgIpc) is 2.32. The first-order chi connectivity index (χ1) is 8.29. The molecule has 0 unspecified atom stereocenters. The van der Waals surface area contributed by atoms with Crippen molar-refractivity contribution >= 4 is 21.8 Å². The SMILES string of the molecule is O=C(NCCC1CCC1)c1ccc(CBr)cc1. The van der Waals surface area contributed by atoms with Gasteiger partial charge < -0.3 is 5.32 Å². The van der Waals surface area contributed by atoms with Gasteiger partial charge in [0.05, 0.1) is 0 Å². The molecule has 1 saturated carbocycles. The van der Waals surface area contributed by atoms with Gasteiger partial charge in [0, 0.05) is 17.4 Å². The Morgan fingerprint density at radius 2 is 2.00 bits per heavy atom. The van der Waals surface area contributed by atoms with Crippen LogP contribution in [0, 0.1) is 5.92 Å². The van der Waals surface area contributed by atoms with Gasteiger partial charge >= 0.3 is 0 Å². The summed E-state index contributed by atoms with van der Waals surface area (Å²) in [7, 11) is 0. The van der Waals surface area contributed by atoms with Crippen LogP contribution >= 0.6 is 15.9 Å². The molecule has 0 atom stereocenters. The minimum absolute atomic E-state index is 0.0467. The standard InChI is InChI=1S/C14H18BrNO/c15-10-12-4-6-13(7-5-12)14(17)16-9-8-11-2-1-3-11/h4-7,11H,1-3,8-10H2,(H,16,17). The Kier molecular flexibility index (Phi) is 4.60. The van der Waals surface area contributed by atoms with Crippen LogP contribution in [0.5, 0.6) is 0 Å². The predicted octanol–water partition coefficient (Wildman–Crippen LogP) is 3.50. The molecule has 3 heteroatoms. The molecule has 92 valence electrons. The molecule has 0 aliphatic heterocycles. The second kappa shape index (κ2) is 6.20. The van der Waals surface area contributed by atoms with E-state index < -0.39 is 0 Å². The zero-order valence-electron chi connectivity index (χ0n) is 9.92. The van der Waals surface area contributed by atoms with Gasteiger partial charge in [0.15, 0.2) is 0 Å². The molecule has 1 aliphatic carbocycles. The van der Waals surface area contributed by atoms with Crippen molar-refractivity contribution in [1.29, 1.82) is 0 Å². The molecule has 1 aromatic rings. The molecule has 1 fully saturated rings. The Morgan fingerprint density at radius 1 is 1.29 bits per heavy atom. The zero-order valence-corrected chi connectivity index (χ0v) is 11.5. The van der Waals surface area contributed by atoms with Gasteiger partial charge in [0.25, 0.3) is 5.91 Å². The van der Waals surface area contributed by atoms with Crippen LogP contribution in [-0.4, -0.2) is 12.5 Å². The van der Waals surface area contributed by atoms with Crippen molar-refractivity contribution in [2.45, 2.75) is 31.0 Å². The minimum atomic E-state index is 0.0467. The average molecular weight is 296 g/mol. The quantitative estimate of drug-likeness (QED) is 0.828. The highest BCUT2D eigenvalue weighted by atomic mass is 79.9. The summed E-state index contributed by atoms with van der Waals surface area (Å²) in [6, 6.07) is 7.73. The summed E-state index contributed by atoms with van der Waals surface area (Å²) >= 11 is 3.39. The number of nitrogens with one attached hydrogen (secondary N) is 1. The molecule has 0 heterocycles. The smallest absolute Gasteiger partial charge is 0.251 e. The molecular weight excluding hydrogens is 278 g/mol. The molecule has 0 aromatic heterocycles. The lowest BCUT2D eigenvalue weighted by molar-refractivity contribution is 0.0949. The maximum absolute atomic E-state index is 11.8. The van der Waals surface area contributed by atoms with Crippen LogP contribution in [0.3, 0.4) is 0 Å². The highest BCUT2D eigenvalue weighted by molar-refractivity contribution is 9.08.